The maximum atomic E-state index is 9.65. The van der Waals surface area contributed by atoms with E-state index in [9.17, 15) is 5.11 Å². The first-order valence-electron chi connectivity index (χ1n) is 5.68. The third kappa shape index (κ3) is 2.71. The number of aliphatic hydroxyl groups excluding tert-OH is 1. The summed E-state index contributed by atoms with van der Waals surface area (Å²) in [5, 5.41) is 13.5. The van der Waals surface area contributed by atoms with Crippen molar-refractivity contribution >= 4 is 0 Å². The molecule has 0 aromatic carbocycles. The zero-order valence-electron chi connectivity index (χ0n) is 10.00. The standard InChI is InChI=1S/C11H16N4O2/c1-3-4-8(16)5-10-13-11(14-17-10)9-6-12-7-15(9)2/h6-8,16H,3-5H2,1-2H3. The number of aliphatic hydroxyl groups is 1. The van der Waals surface area contributed by atoms with Gasteiger partial charge in [-0.25, -0.2) is 4.98 Å². The fourth-order valence-electron chi connectivity index (χ4n) is 1.65. The van der Waals surface area contributed by atoms with Gasteiger partial charge in [0.05, 0.1) is 25.0 Å². The quantitative estimate of drug-likeness (QED) is 0.843. The highest BCUT2D eigenvalue weighted by molar-refractivity contribution is 5.46. The van der Waals surface area contributed by atoms with E-state index >= 15 is 0 Å². The van der Waals surface area contributed by atoms with Crippen molar-refractivity contribution < 1.29 is 9.63 Å². The SMILES string of the molecule is CCCC(O)Cc1nc(-c2cncn2C)no1. The molecule has 0 aliphatic rings. The summed E-state index contributed by atoms with van der Waals surface area (Å²) in [6.45, 7) is 2.03. The molecular formula is C11H16N4O2. The lowest BCUT2D eigenvalue weighted by Crippen LogP contribution is -2.09. The van der Waals surface area contributed by atoms with Crippen LogP contribution in [-0.2, 0) is 13.5 Å². The summed E-state index contributed by atoms with van der Waals surface area (Å²) in [5.41, 5.74) is 0.796. The van der Waals surface area contributed by atoms with Gasteiger partial charge in [0.1, 0.15) is 5.69 Å². The van der Waals surface area contributed by atoms with Crippen LogP contribution in [0.2, 0.25) is 0 Å². The second-order valence-corrected chi connectivity index (χ2v) is 4.05. The van der Waals surface area contributed by atoms with Crippen LogP contribution in [0.4, 0.5) is 0 Å². The summed E-state index contributed by atoms with van der Waals surface area (Å²) in [6, 6.07) is 0. The molecule has 2 aromatic rings. The zero-order valence-corrected chi connectivity index (χ0v) is 10.00. The van der Waals surface area contributed by atoms with E-state index in [1.807, 2.05) is 18.5 Å². The number of aromatic nitrogens is 4. The summed E-state index contributed by atoms with van der Waals surface area (Å²) in [7, 11) is 1.87. The van der Waals surface area contributed by atoms with Crippen molar-refractivity contribution in [2.45, 2.75) is 32.3 Å². The van der Waals surface area contributed by atoms with Crippen molar-refractivity contribution in [1.82, 2.24) is 19.7 Å². The number of imidazole rings is 1. The molecule has 1 N–H and O–H groups in total. The Balaban J connectivity index is 2.09. The molecule has 6 nitrogen and oxygen atoms in total. The normalized spacial score (nSPS) is 12.9. The Kier molecular flexibility index (Phi) is 3.53. The largest absolute Gasteiger partial charge is 0.393 e. The predicted octanol–water partition coefficient (Wildman–Crippen LogP) is 1.17. The third-order valence-electron chi connectivity index (χ3n) is 2.55. The van der Waals surface area contributed by atoms with Crippen LogP contribution in [0.15, 0.2) is 17.0 Å². The van der Waals surface area contributed by atoms with E-state index in [1.165, 1.54) is 0 Å². The van der Waals surface area contributed by atoms with Gasteiger partial charge in [-0.15, -0.1) is 0 Å². The summed E-state index contributed by atoms with van der Waals surface area (Å²) in [4.78, 5) is 8.23. The van der Waals surface area contributed by atoms with Crippen molar-refractivity contribution in [3.05, 3.63) is 18.4 Å². The third-order valence-corrected chi connectivity index (χ3v) is 2.55. The fourth-order valence-corrected chi connectivity index (χ4v) is 1.65. The minimum absolute atomic E-state index is 0.401. The summed E-state index contributed by atoms with van der Waals surface area (Å²) in [5.74, 6) is 0.964. The maximum absolute atomic E-state index is 9.65. The lowest BCUT2D eigenvalue weighted by atomic mass is 10.1. The fraction of sp³-hybridized carbons (Fsp3) is 0.545. The molecule has 2 aromatic heterocycles. The van der Waals surface area contributed by atoms with Crippen molar-refractivity contribution in [3.8, 4) is 11.5 Å². The highest BCUT2D eigenvalue weighted by Crippen LogP contribution is 2.15. The smallest absolute Gasteiger partial charge is 0.229 e. The Labute approximate surface area is 99.3 Å². The number of hydrogen-bond donors (Lipinski definition) is 1. The van der Waals surface area contributed by atoms with Gasteiger partial charge in [0, 0.05) is 7.05 Å². The molecular weight excluding hydrogens is 220 g/mol. The van der Waals surface area contributed by atoms with Gasteiger partial charge >= 0.3 is 0 Å². The van der Waals surface area contributed by atoms with E-state index in [4.69, 9.17) is 4.52 Å². The van der Waals surface area contributed by atoms with Gasteiger partial charge in [-0.05, 0) is 6.42 Å². The van der Waals surface area contributed by atoms with Gasteiger partial charge in [0.2, 0.25) is 11.7 Å². The van der Waals surface area contributed by atoms with Crippen LogP contribution < -0.4 is 0 Å². The summed E-state index contributed by atoms with van der Waals surface area (Å²) >= 11 is 0. The molecule has 0 aliphatic heterocycles. The Bertz CT molecular complexity index is 477. The van der Waals surface area contributed by atoms with Crippen LogP contribution in [0.3, 0.4) is 0 Å². The first-order chi connectivity index (χ1) is 8.20. The molecule has 0 saturated heterocycles. The van der Waals surface area contributed by atoms with Crippen LogP contribution in [0, 0.1) is 0 Å². The van der Waals surface area contributed by atoms with Crippen LogP contribution in [0.5, 0.6) is 0 Å². The molecule has 1 unspecified atom stereocenters. The Morgan fingerprint density at radius 1 is 1.53 bits per heavy atom. The van der Waals surface area contributed by atoms with E-state index in [0.717, 1.165) is 18.5 Å². The highest BCUT2D eigenvalue weighted by atomic mass is 16.5. The van der Waals surface area contributed by atoms with Crippen molar-refractivity contribution in [1.29, 1.82) is 0 Å². The second kappa shape index (κ2) is 5.09. The first kappa shape index (κ1) is 11.8. The van der Waals surface area contributed by atoms with Crippen LogP contribution in [0.25, 0.3) is 11.5 Å². The molecule has 0 bridgehead atoms. The zero-order chi connectivity index (χ0) is 12.3. The van der Waals surface area contributed by atoms with E-state index in [-0.39, 0.29) is 0 Å². The molecule has 0 radical (unpaired) electrons. The maximum Gasteiger partial charge on any atom is 0.229 e. The molecule has 0 saturated carbocycles. The van der Waals surface area contributed by atoms with E-state index in [0.29, 0.717) is 18.1 Å². The number of nitrogens with zero attached hydrogens (tertiary/aromatic N) is 4. The Morgan fingerprint density at radius 2 is 2.35 bits per heavy atom. The molecule has 0 spiro atoms. The topological polar surface area (TPSA) is 77.0 Å². The molecule has 2 rings (SSSR count). The second-order valence-electron chi connectivity index (χ2n) is 4.05. The van der Waals surface area contributed by atoms with E-state index in [1.54, 1.807) is 12.5 Å². The number of rotatable bonds is 5. The van der Waals surface area contributed by atoms with E-state index in [2.05, 4.69) is 15.1 Å². The minimum atomic E-state index is -0.417. The van der Waals surface area contributed by atoms with Crippen LogP contribution >= 0.6 is 0 Å². The average molecular weight is 236 g/mol. The van der Waals surface area contributed by atoms with Crippen molar-refractivity contribution in [2.75, 3.05) is 0 Å². The minimum Gasteiger partial charge on any atom is -0.393 e. The van der Waals surface area contributed by atoms with Crippen molar-refractivity contribution in [2.24, 2.45) is 7.05 Å². The van der Waals surface area contributed by atoms with Crippen LogP contribution in [-0.4, -0.2) is 30.9 Å². The highest BCUT2D eigenvalue weighted by Gasteiger charge is 2.14. The van der Waals surface area contributed by atoms with Crippen molar-refractivity contribution in [3.63, 3.8) is 0 Å². The number of hydrogen-bond acceptors (Lipinski definition) is 5. The van der Waals surface area contributed by atoms with Gasteiger partial charge in [0.25, 0.3) is 0 Å². The van der Waals surface area contributed by atoms with Gasteiger partial charge in [-0.3, -0.25) is 0 Å². The van der Waals surface area contributed by atoms with Gasteiger partial charge in [-0.1, -0.05) is 18.5 Å². The predicted molar refractivity (Wildman–Crippen MR) is 61.1 cm³/mol. The lowest BCUT2D eigenvalue weighted by molar-refractivity contribution is 0.152. The summed E-state index contributed by atoms with van der Waals surface area (Å²) in [6.07, 6.45) is 5.01. The molecule has 0 fully saturated rings. The van der Waals surface area contributed by atoms with Gasteiger partial charge in [0.15, 0.2) is 0 Å². The van der Waals surface area contributed by atoms with Crippen LogP contribution in [0.1, 0.15) is 25.7 Å². The van der Waals surface area contributed by atoms with Gasteiger partial charge < -0.3 is 14.2 Å². The molecule has 2 heterocycles. The molecule has 92 valence electrons. The molecule has 6 heteroatoms. The molecule has 17 heavy (non-hydrogen) atoms. The lowest BCUT2D eigenvalue weighted by Gasteiger charge is -2.03. The molecule has 0 aliphatic carbocycles. The monoisotopic (exact) mass is 236 g/mol. The molecule has 1 atom stereocenters. The first-order valence-corrected chi connectivity index (χ1v) is 5.68. The summed E-state index contributed by atoms with van der Waals surface area (Å²) < 4.78 is 6.91. The Morgan fingerprint density at radius 3 is 3.00 bits per heavy atom. The number of aryl methyl sites for hydroxylation is 1. The van der Waals surface area contributed by atoms with Gasteiger partial charge in [-0.2, -0.15) is 4.98 Å². The Hall–Kier alpha value is -1.69. The van der Waals surface area contributed by atoms with E-state index < -0.39 is 6.10 Å². The average Bonchev–Trinajstić information content (AvgIpc) is 2.87. The molecule has 0 amide bonds.